The van der Waals surface area contributed by atoms with E-state index in [0.717, 1.165) is 0 Å². The SMILES string of the molecule is Nc1nc(NCC(=O)O)nc2nc[nH]c12. The van der Waals surface area contributed by atoms with Crippen LogP contribution >= 0.6 is 0 Å². The van der Waals surface area contributed by atoms with Crippen LogP contribution in [0.25, 0.3) is 11.2 Å². The molecule has 8 nitrogen and oxygen atoms in total. The first-order chi connectivity index (χ1) is 7.16. The summed E-state index contributed by atoms with van der Waals surface area (Å²) in [7, 11) is 0. The van der Waals surface area contributed by atoms with Crippen molar-refractivity contribution in [3.63, 3.8) is 0 Å². The molecule has 5 N–H and O–H groups in total. The molecule has 8 heteroatoms. The fraction of sp³-hybridized carbons (Fsp3) is 0.143. The largest absolute Gasteiger partial charge is 0.480 e. The second kappa shape index (κ2) is 3.40. The van der Waals surface area contributed by atoms with Gasteiger partial charge in [0.1, 0.15) is 12.1 Å². The summed E-state index contributed by atoms with van der Waals surface area (Å²) in [6.07, 6.45) is 1.44. The Bertz CT molecular complexity index is 507. The highest BCUT2D eigenvalue weighted by molar-refractivity contribution is 5.82. The number of aliphatic carboxylic acids is 1. The van der Waals surface area contributed by atoms with Crippen molar-refractivity contribution >= 4 is 28.9 Å². The molecule has 0 saturated carbocycles. The molecule has 0 radical (unpaired) electrons. The first-order valence-electron chi connectivity index (χ1n) is 4.09. The van der Waals surface area contributed by atoms with Gasteiger partial charge in [0.05, 0.1) is 6.33 Å². The number of nitrogens with zero attached hydrogens (tertiary/aromatic N) is 3. The maximum absolute atomic E-state index is 10.3. The van der Waals surface area contributed by atoms with Gasteiger partial charge in [0, 0.05) is 0 Å². The summed E-state index contributed by atoms with van der Waals surface area (Å²) in [6, 6.07) is 0. The van der Waals surface area contributed by atoms with Crippen molar-refractivity contribution in [1.29, 1.82) is 0 Å². The van der Waals surface area contributed by atoms with Crippen LogP contribution in [-0.4, -0.2) is 37.6 Å². The van der Waals surface area contributed by atoms with Gasteiger partial charge in [-0.1, -0.05) is 0 Å². The fourth-order valence-electron chi connectivity index (χ4n) is 1.09. The minimum absolute atomic E-state index is 0.148. The average Bonchev–Trinajstić information content (AvgIpc) is 2.63. The van der Waals surface area contributed by atoms with E-state index in [-0.39, 0.29) is 18.3 Å². The number of anilines is 2. The molecular formula is C7H8N6O2. The molecule has 0 saturated heterocycles. The predicted octanol–water partition coefficient (Wildman–Crippen LogP) is -0.568. The van der Waals surface area contributed by atoms with Crippen LogP contribution in [0, 0.1) is 0 Å². The molecule has 15 heavy (non-hydrogen) atoms. The Hall–Kier alpha value is -2.38. The molecule has 2 heterocycles. The maximum atomic E-state index is 10.3. The molecule has 0 fully saturated rings. The zero-order valence-electron chi connectivity index (χ0n) is 7.56. The highest BCUT2D eigenvalue weighted by Crippen LogP contribution is 2.14. The van der Waals surface area contributed by atoms with Gasteiger partial charge in [-0.15, -0.1) is 0 Å². The second-order valence-corrected chi connectivity index (χ2v) is 2.78. The number of nitrogens with one attached hydrogen (secondary N) is 2. The Morgan fingerprint density at radius 1 is 1.60 bits per heavy atom. The monoisotopic (exact) mass is 208 g/mol. The van der Waals surface area contributed by atoms with Gasteiger partial charge in [0.25, 0.3) is 0 Å². The van der Waals surface area contributed by atoms with Crippen LogP contribution in [0.2, 0.25) is 0 Å². The Kier molecular flexibility index (Phi) is 2.08. The minimum Gasteiger partial charge on any atom is -0.480 e. The molecule has 2 aromatic heterocycles. The van der Waals surface area contributed by atoms with Gasteiger partial charge in [0.2, 0.25) is 5.95 Å². The van der Waals surface area contributed by atoms with E-state index in [4.69, 9.17) is 10.8 Å². The van der Waals surface area contributed by atoms with Crippen LogP contribution < -0.4 is 11.1 Å². The maximum Gasteiger partial charge on any atom is 0.322 e. The molecule has 0 bridgehead atoms. The smallest absolute Gasteiger partial charge is 0.322 e. The Balaban J connectivity index is 2.32. The number of rotatable bonds is 3. The number of aromatic nitrogens is 4. The number of nitrogens with two attached hydrogens (primary N) is 1. The lowest BCUT2D eigenvalue weighted by atomic mass is 10.5. The highest BCUT2D eigenvalue weighted by Gasteiger charge is 2.07. The second-order valence-electron chi connectivity index (χ2n) is 2.78. The molecule has 0 amide bonds. The van der Waals surface area contributed by atoms with E-state index >= 15 is 0 Å². The van der Waals surface area contributed by atoms with E-state index in [0.29, 0.717) is 11.2 Å². The number of fused-ring (bicyclic) bond motifs is 1. The van der Waals surface area contributed by atoms with E-state index in [1.807, 2.05) is 0 Å². The summed E-state index contributed by atoms with van der Waals surface area (Å²) in [5.41, 5.74) is 6.53. The van der Waals surface area contributed by atoms with Gasteiger partial charge < -0.3 is 21.1 Å². The average molecular weight is 208 g/mol. The number of nitrogen functional groups attached to an aromatic ring is 1. The lowest BCUT2D eigenvalue weighted by Crippen LogP contribution is -2.14. The number of hydrogen-bond donors (Lipinski definition) is 4. The first kappa shape index (κ1) is 9.19. The van der Waals surface area contributed by atoms with E-state index < -0.39 is 5.97 Å². The molecule has 0 unspecified atom stereocenters. The summed E-state index contributed by atoms with van der Waals surface area (Å²) >= 11 is 0. The third-order valence-corrected chi connectivity index (χ3v) is 1.71. The number of hydrogen-bond acceptors (Lipinski definition) is 6. The van der Waals surface area contributed by atoms with Gasteiger partial charge in [-0.25, -0.2) is 4.98 Å². The van der Waals surface area contributed by atoms with Crippen molar-refractivity contribution in [1.82, 2.24) is 19.9 Å². The van der Waals surface area contributed by atoms with Crippen LogP contribution in [0.5, 0.6) is 0 Å². The standard InChI is InChI=1S/C7H8N6O2/c8-5-4-6(11-2-10-4)13-7(12-5)9-1-3(14)15/h2H,1H2,(H,14,15)(H4,8,9,10,11,12,13). The van der Waals surface area contributed by atoms with E-state index in [2.05, 4.69) is 25.3 Å². The Labute approximate surface area is 83.6 Å². The molecular weight excluding hydrogens is 200 g/mol. The van der Waals surface area contributed by atoms with Crippen LogP contribution in [0.3, 0.4) is 0 Å². The number of H-pyrrole nitrogens is 1. The van der Waals surface area contributed by atoms with Gasteiger partial charge in [-0.3, -0.25) is 4.79 Å². The zero-order valence-corrected chi connectivity index (χ0v) is 7.56. The molecule has 0 aromatic carbocycles. The number of carbonyl (C=O) groups is 1. The fourth-order valence-corrected chi connectivity index (χ4v) is 1.09. The van der Waals surface area contributed by atoms with E-state index in [1.54, 1.807) is 0 Å². The summed E-state index contributed by atoms with van der Waals surface area (Å²) in [5.74, 6) is -0.626. The molecule has 0 spiro atoms. The topological polar surface area (TPSA) is 130 Å². The third-order valence-electron chi connectivity index (χ3n) is 1.71. The van der Waals surface area contributed by atoms with Crippen LogP contribution in [0.1, 0.15) is 0 Å². The quantitative estimate of drug-likeness (QED) is 0.531. The molecule has 0 aliphatic heterocycles. The van der Waals surface area contributed by atoms with Crippen molar-refractivity contribution in [3.05, 3.63) is 6.33 Å². The predicted molar refractivity (Wildman–Crippen MR) is 52.2 cm³/mol. The molecule has 0 aliphatic rings. The van der Waals surface area contributed by atoms with Gasteiger partial charge in [0.15, 0.2) is 11.5 Å². The molecule has 2 rings (SSSR count). The Morgan fingerprint density at radius 2 is 2.40 bits per heavy atom. The lowest BCUT2D eigenvalue weighted by Gasteiger charge is -2.02. The van der Waals surface area contributed by atoms with Crippen molar-refractivity contribution in [2.45, 2.75) is 0 Å². The van der Waals surface area contributed by atoms with Crippen molar-refractivity contribution in [2.75, 3.05) is 17.6 Å². The third kappa shape index (κ3) is 1.77. The molecule has 78 valence electrons. The van der Waals surface area contributed by atoms with Gasteiger partial charge >= 0.3 is 5.97 Å². The Morgan fingerprint density at radius 3 is 3.13 bits per heavy atom. The minimum atomic E-state index is -1.00. The molecule has 2 aromatic rings. The molecule has 0 atom stereocenters. The van der Waals surface area contributed by atoms with E-state index in [9.17, 15) is 4.79 Å². The van der Waals surface area contributed by atoms with Crippen molar-refractivity contribution in [2.24, 2.45) is 0 Å². The number of carboxylic acids is 1. The number of aromatic amines is 1. The summed E-state index contributed by atoms with van der Waals surface area (Å²) < 4.78 is 0. The normalized spacial score (nSPS) is 10.4. The summed E-state index contributed by atoms with van der Waals surface area (Å²) in [4.78, 5) is 24.8. The zero-order chi connectivity index (χ0) is 10.8. The van der Waals surface area contributed by atoms with Gasteiger partial charge in [-0.2, -0.15) is 9.97 Å². The van der Waals surface area contributed by atoms with Crippen molar-refractivity contribution in [3.8, 4) is 0 Å². The van der Waals surface area contributed by atoms with Crippen LogP contribution in [-0.2, 0) is 4.79 Å². The first-order valence-corrected chi connectivity index (χ1v) is 4.09. The van der Waals surface area contributed by atoms with E-state index in [1.165, 1.54) is 6.33 Å². The van der Waals surface area contributed by atoms with Gasteiger partial charge in [-0.05, 0) is 0 Å². The van der Waals surface area contributed by atoms with Crippen LogP contribution in [0.15, 0.2) is 6.33 Å². The lowest BCUT2D eigenvalue weighted by molar-refractivity contribution is -0.134. The summed E-state index contributed by atoms with van der Waals surface area (Å²) in [6.45, 7) is -0.268. The van der Waals surface area contributed by atoms with Crippen molar-refractivity contribution < 1.29 is 9.90 Å². The number of imidazole rings is 1. The highest BCUT2D eigenvalue weighted by atomic mass is 16.4. The number of carboxylic acid groups (broad SMARTS) is 1. The molecule has 0 aliphatic carbocycles. The van der Waals surface area contributed by atoms with Crippen LogP contribution in [0.4, 0.5) is 11.8 Å². The summed E-state index contributed by atoms with van der Waals surface area (Å²) in [5, 5.41) is 11.0.